The Morgan fingerprint density at radius 1 is 1.19 bits per heavy atom. The van der Waals surface area contributed by atoms with Crippen LogP contribution in [0, 0.1) is 0 Å². The Labute approximate surface area is 184 Å². The highest BCUT2D eigenvalue weighted by Crippen LogP contribution is 2.41. The predicted molar refractivity (Wildman–Crippen MR) is 122 cm³/mol. The van der Waals surface area contributed by atoms with Crippen LogP contribution in [0.25, 0.3) is 0 Å². The summed E-state index contributed by atoms with van der Waals surface area (Å²) in [6.45, 7) is 0.568. The Hall–Kier alpha value is -2.63. The highest BCUT2D eigenvalue weighted by molar-refractivity contribution is 5.73. The van der Waals surface area contributed by atoms with Crippen molar-refractivity contribution in [3.8, 4) is 5.75 Å². The molecule has 0 bridgehead atoms. The molecule has 0 saturated carbocycles. The van der Waals surface area contributed by atoms with Gasteiger partial charge in [0.05, 0.1) is 0 Å². The molecule has 31 heavy (non-hydrogen) atoms. The molecule has 164 valence electrons. The zero-order chi connectivity index (χ0) is 21.8. The third-order valence-corrected chi connectivity index (χ3v) is 6.78. The van der Waals surface area contributed by atoms with Gasteiger partial charge in [-0.1, -0.05) is 54.1 Å². The molecule has 0 spiro atoms. The van der Waals surface area contributed by atoms with Crippen molar-refractivity contribution in [3.05, 3.63) is 77.4 Å². The molecule has 1 unspecified atom stereocenters. The maximum Gasteiger partial charge on any atom is 0.320 e. The number of carboxylic acids is 1. The SMILES string of the molecule is CN(C)C1(c2ccccc2)CC=C(Cc2cccc(O[C@@H]3CN[C@H](C(=O)O)C3)c2)CC1. The molecule has 1 saturated heterocycles. The summed E-state index contributed by atoms with van der Waals surface area (Å²) in [7, 11) is 4.36. The lowest BCUT2D eigenvalue weighted by molar-refractivity contribution is -0.139. The van der Waals surface area contributed by atoms with E-state index in [4.69, 9.17) is 9.84 Å². The van der Waals surface area contributed by atoms with Crippen molar-refractivity contribution in [1.82, 2.24) is 10.2 Å². The summed E-state index contributed by atoms with van der Waals surface area (Å²) in [5.41, 5.74) is 4.16. The van der Waals surface area contributed by atoms with Crippen LogP contribution in [0.5, 0.6) is 5.75 Å². The van der Waals surface area contributed by atoms with Gasteiger partial charge in [0.15, 0.2) is 0 Å². The van der Waals surface area contributed by atoms with Crippen LogP contribution in [-0.4, -0.2) is 48.8 Å². The van der Waals surface area contributed by atoms with Gasteiger partial charge in [0.1, 0.15) is 17.9 Å². The average molecular weight is 421 g/mol. The van der Waals surface area contributed by atoms with Crippen molar-refractivity contribution in [2.75, 3.05) is 20.6 Å². The van der Waals surface area contributed by atoms with Crippen molar-refractivity contribution in [1.29, 1.82) is 0 Å². The maximum atomic E-state index is 11.1. The topological polar surface area (TPSA) is 61.8 Å². The minimum atomic E-state index is -0.812. The van der Waals surface area contributed by atoms with Crippen LogP contribution in [0.2, 0.25) is 0 Å². The summed E-state index contributed by atoms with van der Waals surface area (Å²) < 4.78 is 6.06. The third kappa shape index (κ3) is 4.83. The van der Waals surface area contributed by atoms with Crippen molar-refractivity contribution in [2.24, 2.45) is 0 Å². The van der Waals surface area contributed by atoms with Crippen LogP contribution in [0.3, 0.4) is 0 Å². The lowest BCUT2D eigenvalue weighted by atomic mass is 9.75. The molecule has 5 nitrogen and oxygen atoms in total. The van der Waals surface area contributed by atoms with Gasteiger partial charge in [0.25, 0.3) is 0 Å². The molecule has 1 fully saturated rings. The van der Waals surface area contributed by atoms with Crippen LogP contribution in [0.4, 0.5) is 0 Å². The Morgan fingerprint density at radius 2 is 2.00 bits per heavy atom. The second-order valence-electron chi connectivity index (χ2n) is 8.96. The molecule has 2 aliphatic rings. The van der Waals surface area contributed by atoms with Crippen LogP contribution >= 0.6 is 0 Å². The number of benzene rings is 2. The summed E-state index contributed by atoms with van der Waals surface area (Å²) >= 11 is 0. The molecule has 5 heteroatoms. The largest absolute Gasteiger partial charge is 0.489 e. The zero-order valence-electron chi connectivity index (χ0n) is 18.4. The van der Waals surface area contributed by atoms with Crippen LogP contribution < -0.4 is 10.1 Å². The van der Waals surface area contributed by atoms with E-state index in [-0.39, 0.29) is 11.6 Å². The number of hydrogen-bond acceptors (Lipinski definition) is 4. The van der Waals surface area contributed by atoms with Gasteiger partial charge in [-0.3, -0.25) is 9.69 Å². The van der Waals surface area contributed by atoms with E-state index >= 15 is 0 Å². The number of nitrogens with one attached hydrogen (secondary N) is 1. The Morgan fingerprint density at radius 3 is 2.65 bits per heavy atom. The van der Waals surface area contributed by atoms with E-state index in [2.05, 4.69) is 72.9 Å². The first kappa shape index (κ1) is 21.6. The summed E-state index contributed by atoms with van der Waals surface area (Å²) in [4.78, 5) is 13.5. The normalized spacial score (nSPS) is 26.0. The quantitative estimate of drug-likeness (QED) is 0.663. The first-order valence-corrected chi connectivity index (χ1v) is 11.1. The molecule has 0 amide bonds. The molecule has 2 aromatic carbocycles. The van der Waals surface area contributed by atoms with E-state index < -0.39 is 12.0 Å². The van der Waals surface area contributed by atoms with Gasteiger partial charge in [0.2, 0.25) is 0 Å². The fourth-order valence-electron chi connectivity index (χ4n) is 4.88. The molecular formula is C26H32N2O3. The molecular weight excluding hydrogens is 388 g/mol. The number of aliphatic carboxylic acids is 1. The monoisotopic (exact) mass is 420 g/mol. The Kier molecular flexibility index (Phi) is 6.44. The second kappa shape index (κ2) is 9.25. The van der Waals surface area contributed by atoms with Gasteiger partial charge in [-0.05, 0) is 63.0 Å². The highest BCUT2D eigenvalue weighted by atomic mass is 16.5. The van der Waals surface area contributed by atoms with Gasteiger partial charge in [0, 0.05) is 18.5 Å². The fraction of sp³-hybridized carbons (Fsp3) is 0.423. The molecule has 1 heterocycles. The molecule has 0 radical (unpaired) electrons. The van der Waals surface area contributed by atoms with E-state index in [0.717, 1.165) is 31.4 Å². The van der Waals surface area contributed by atoms with Crippen molar-refractivity contribution >= 4 is 5.97 Å². The molecule has 1 aliphatic heterocycles. The van der Waals surface area contributed by atoms with Crippen LogP contribution in [0.15, 0.2) is 66.2 Å². The lowest BCUT2D eigenvalue weighted by Crippen LogP contribution is -2.42. The van der Waals surface area contributed by atoms with Crippen LogP contribution in [0.1, 0.15) is 36.8 Å². The number of allylic oxidation sites excluding steroid dienone is 1. The molecule has 1 aliphatic carbocycles. The summed E-state index contributed by atoms with van der Waals surface area (Å²) in [5, 5.41) is 12.1. The Balaban J connectivity index is 1.41. The van der Waals surface area contributed by atoms with Gasteiger partial charge < -0.3 is 15.2 Å². The Bertz CT molecular complexity index is 941. The zero-order valence-corrected chi connectivity index (χ0v) is 18.4. The fourth-order valence-corrected chi connectivity index (χ4v) is 4.88. The van der Waals surface area contributed by atoms with Crippen LogP contribution in [-0.2, 0) is 16.8 Å². The molecule has 2 aromatic rings. The number of carbonyl (C=O) groups is 1. The van der Waals surface area contributed by atoms with E-state index in [1.54, 1.807) is 0 Å². The number of carboxylic acid groups (broad SMARTS) is 1. The van der Waals surface area contributed by atoms with E-state index in [9.17, 15) is 4.79 Å². The van der Waals surface area contributed by atoms with Crippen molar-refractivity contribution < 1.29 is 14.6 Å². The first-order valence-electron chi connectivity index (χ1n) is 11.1. The van der Waals surface area contributed by atoms with Crippen molar-refractivity contribution in [3.63, 3.8) is 0 Å². The number of ether oxygens (including phenoxy) is 1. The minimum absolute atomic E-state index is 0.0614. The van der Waals surface area contributed by atoms with E-state index in [1.165, 1.54) is 16.7 Å². The first-order chi connectivity index (χ1) is 15.0. The maximum absolute atomic E-state index is 11.1. The molecule has 4 rings (SSSR count). The summed E-state index contributed by atoms with van der Waals surface area (Å²) in [5.74, 6) is 0.00654. The van der Waals surface area contributed by atoms with E-state index in [0.29, 0.717) is 13.0 Å². The number of nitrogens with zero attached hydrogens (tertiary/aromatic N) is 1. The minimum Gasteiger partial charge on any atom is -0.489 e. The smallest absolute Gasteiger partial charge is 0.320 e. The summed E-state index contributed by atoms with van der Waals surface area (Å²) in [6.07, 6.45) is 6.94. The van der Waals surface area contributed by atoms with Gasteiger partial charge >= 0.3 is 5.97 Å². The summed E-state index contributed by atoms with van der Waals surface area (Å²) in [6, 6.07) is 18.5. The number of hydrogen-bond donors (Lipinski definition) is 2. The second-order valence-corrected chi connectivity index (χ2v) is 8.96. The molecule has 2 N–H and O–H groups in total. The predicted octanol–water partition coefficient (Wildman–Crippen LogP) is 3.99. The standard InChI is InChI=1S/C26H32N2O3/c1-28(2)26(21-8-4-3-5-9-21)13-11-19(12-14-26)15-20-7-6-10-22(16-20)31-23-17-24(25(29)30)27-18-23/h3-11,16,23-24,27H,12-15,17-18H2,1-2H3,(H,29,30)/t23-,24-,26?/m0/s1. The lowest BCUT2D eigenvalue weighted by Gasteiger charge is -2.43. The highest BCUT2D eigenvalue weighted by Gasteiger charge is 2.35. The van der Waals surface area contributed by atoms with Gasteiger partial charge in [-0.15, -0.1) is 0 Å². The molecule has 0 aromatic heterocycles. The average Bonchev–Trinajstić information content (AvgIpc) is 3.24. The third-order valence-electron chi connectivity index (χ3n) is 6.78. The van der Waals surface area contributed by atoms with Gasteiger partial charge in [-0.25, -0.2) is 0 Å². The molecule has 3 atom stereocenters. The van der Waals surface area contributed by atoms with Crippen molar-refractivity contribution in [2.45, 2.75) is 49.8 Å². The van der Waals surface area contributed by atoms with E-state index in [1.807, 2.05) is 12.1 Å². The van der Waals surface area contributed by atoms with Gasteiger partial charge in [-0.2, -0.15) is 0 Å². The number of rotatable bonds is 7.